The normalized spacial score (nSPS) is 12.1. The van der Waals surface area contributed by atoms with Crippen LogP contribution >= 0.6 is 0 Å². The van der Waals surface area contributed by atoms with Crippen LogP contribution < -0.4 is 11.1 Å². The number of pyridine rings is 1. The highest BCUT2D eigenvalue weighted by Gasteiger charge is 2.15. The average molecular weight is 212 g/mol. The summed E-state index contributed by atoms with van der Waals surface area (Å²) in [6.07, 6.45) is -0.618. The molecule has 0 fully saturated rings. The Hall–Kier alpha value is -1.89. The standard InChI is InChI=1S/C8H12N4O3/c1-5(13)4-10-8-6(12(14)15)2-3-7(9)11-8/h2-3,5,13H,4H2,1H3,(H3,9,10,11). The van der Waals surface area contributed by atoms with Crippen molar-refractivity contribution in [1.29, 1.82) is 0 Å². The highest BCUT2D eigenvalue weighted by Crippen LogP contribution is 2.22. The van der Waals surface area contributed by atoms with Crippen molar-refractivity contribution in [3.8, 4) is 0 Å². The van der Waals surface area contributed by atoms with E-state index in [0.717, 1.165) is 0 Å². The van der Waals surface area contributed by atoms with Crippen molar-refractivity contribution >= 4 is 17.3 Å². The average Bonchev–Trinajstić information content (AvgIpc) is 2.14. The summed E-state index contributed by atoms with van der Waals surface area (Å²) in [4.78, 5) is 13.8. The number of rotatable bonds is 4. The predicted molar refractivity (Wildman–Crippen MR) is 55.5 cm³/mol. The van der Waals surface area contributed by atoms with E-state index in [4.69, 9.17) is 10.8 Å². The largest absolute Gasteiger partial charge is 0.392 e. The van der Waals surface area contributed by atoms with Crippen molar-refractivity contribution in [3.63, 3.8) is 0 Å². The molecule has 0 bridgehead atoms. The second kappa shape index (κ2) is 4.56. The zero-order chi connectivity index (χ0) is 11.4. The number of nitrogens with zero attached hydrogens (tertiary/aromatic N) is 2. The Balaban J connectivity index is 2.92. The second-order valence-corrected chi connectivity index (χ2v) is 3.09. The lowest BCUT2D eigenvalue weighted by Gasteiger charge is -2.08. The molecular formula is C8H12N4O3. The van der Waals surface area contributed by atoms with Crippen LogP contribution in [-0.4, -0.2) is 27.7 Å². The van der Waals surface area contributed by atoms with Gasteiger partial charge in [-0.05, 0) is 13.0 Å². The van der Waals surface area contributed by atoms with E-state index in [0.29, 0.717) is 0 Å². The molecule has 1 unspecified atom stereocenters. The molecule has 82 valence electrons. The molecule has 0 radical (unpaired) electrons. The van der Waals surface area contributed by atoms with Gasteiger partial charge in [-0.25, -0.2) is 4.98 Å². The lowest BCUT2D eigenvalue weighted by atomic mass is 10.3. The molecule has 0 aliphatic heterocycles. The van der Waals surface area contributed by atoms with Crippen molar-refractivity contribution in [1.82, 2.24) is 4.98 Å². The molecule has 15 heavy (non-hydrogen) atoms. The van der Waals surface area contributed by atoms with E-state index in [1.165, 1.54) is 12.1 Å². The van der Waals surface area contributed by atoms with Crippen molar-refractivity contribution in [2.45, 2.75) is 13.0 Å². The highest BCUT2D eigenvalue weighted by atomic mass is 16.6. The van der Waals surface area contributed by atoms with Gasteiger partial charge in [0.15, 0.2) is 0 Å². The van der Waals surface area contributed by atoms with Gasteiger partial charge >= 0.3 is 5.69 Å². The highest BCUT2D eigenvalue weighted by molar-refractivity contribution is 5.59. The lowest BCUT2D eigenvalue weighted by Crippen LogP contribution is -2.17. The monoisotopic (exact) mass is 212 g/mol. The first kappa shape index (κ1) is 11.2. The van der Waals surface area contributed by atoms with Crippen LogP contribution in [-0.2, 0) is 0 Å². The molecule has 4 N–H and O–H groups in total. The molecule has 1 atom stereocenters. The van der Waals surface area contributed by atoms with Gasteiger partial charge in [0, 0.05) is 12.6 Å². The Morgan fingerprint density at radius 3 is 2.93 bits per heavy atom. The van der Waals surface area contributed by atoms with Gasteiger partial charge in [0.2, 0.25) is 5.82 Å². The Bertz CT molecular complexity index is 367. The molecule has 0 saturated carbocycles. The van der Waals surface area contributed by atoms with E-state index >= 15 is 0 Å². The number of aromatic nitrogens is 1. The molecule has 0 aromatic carbocycles. The Labute approximate surface area is 86.1 Å². The molecule has 1 aromatic rings. The van der Waals surface area contributed by atoms with Gasteiger partial charge in [0.05, 0.1) is 11.0 Å². The van der Waals surface area contributed by atoms with Crippen LogP contribution in [0.15, 0.2) is 12.1 Å². The van der Waals surface area contributed by atoms with Crippen LogP contribution in [0.1, 0.15) is 6.92 Å². The first-order valence-electron chi connectivity index (χ1n) is 4.33. The fraction of sp³-hybridized carbons (Fsp3) is 0.375. The van der Waals surface area contributed by atoms with E-state index in [-0.39, 0.29) is 23.9 Å². The summed E-state index contributed by atoms with van der Waals surface area (Å²) in [6.45, 7) is 1.74. The maximum absolute atomic E-state index is 10.6. The van der Waals surface area contributed by atoms with Crippen LogP contribution in [0.3, 0.4) is 0 Å². The van der Waals surface area contributed by atoms with E-state index in [1.54, 1.807) is 6.92 Å². The van der Waals surface area contributed by atoms with Gasteiger partial charge in [-0.15, -0.1) is 0 Å². The molecule has 0 aliphatic rings. The Morgan fingerprint density at radius 1 is 1.73 bits per heavy atom. The van der Waals surface area contributed by atoms with Crippen LogP contribution in [0.5, 0.6) is 0 Å². The summed E-state index contributed by atoms with van der Waals surface area (Å²) in [5.41, 5.74) is 5.24. The van der Waals surface area contributed by atoms with Crippen LogP contribution in [0.4, 0.5) is 17.3 Å². The number of nitrogen functional groups attached to an aromatic ring is 1. The molecule has 1 rings (SSSR count). The number of nitrogens with one attached hydrogen (secondary N) is 1. The molecule has 1 heterocycles. The fourth-order valence-corrected chi connectivity index (χ4v) is 0.989. The zero-order valence-electron chi connectivity index (χ0n) is 8.17. The summed E-state index contributed by atoms with van der Waals surface area (Å²) < 4.78 is 0. The molecule has 0 aliphatic carbocycles. The number of hydrogen-bond donors (Lipinski definition) is 3. The Morgan fingerprint density at radius 2 is 2.40 bits per heavy atom. The first-order chi connectivity index (χ1) is 7.00. The summed E-state index contributed by atoms with van der Waals surface area (Å²) in [5, 5.41) is 22.3. The van der Waals surface area contributed by atoms with E-state index in [9.17, 15) is 10.1 Å². The number of anilines is 2. The topological polar surface area (TPSA) is 114 Å². The third-order valence-electron chi connectivity index (χ3n) is 1.66. The van der Waals surface area contributed by atoms with Gasteiger partial charge in [0.1, 0.15) is 5.82 Å². The maximum Gasteiger partial charge on any atom is 0.311 e. The molecule has 0 spiro atoms. The van der Waals surface area contributed by atoms with Crippen LogP contribution in [0, 0.1) is 10.1 Å². The summed E-state index contributed by atoms with van der Waals surface area (Å²) in [7, 11) is 0. The minimum atomic E-state index is -0.618. The zero-order valence-corrected chi connectivity index (χ0v) is 8.17. The van der Waals surface area contributed by atoms with E-state index in [2.05, 4.69) is 10.3 Å². The number of nitrogens with two attached hydrogens (primary N) is 1. The van der Waals surface area contributed by atoms with Crippen molar-refractivity contribution < 1.29 is 10.0 Å². The number of aliphatic hydroxyl groups is 1. The molecule has 7 heteroatoms. The molecule has 7 nitrogen and oxygen atoms in total. The smallest absolute Gasteiger partial charge is 0.311 e. The van der Waals surface area contributed by atoms with Gasteiger partial charge in [-0.3, -0.25) is 10.1 Å². The fourth-order valence-electron chi connectivity index (χ4n) is 0.989. The number of nitro groups is 1. The van der Waals surface area contributed by atoms with Crippen LogP contribution in [0.2, 0.25) is 0 Å². The van der Waals surface area contributed by atoms with Gasteiger partial charge < -0.3 is 16.2 Å². The number of hydrogen-bond acceptors (Lipinski definition) is 6. The van der Waals surface area contributed by atoms with Gasteiger partial charge in [-0.2, -0.15) is 0 Å². The quantitative estimate of drug-likeness (QED) is 0.490. The minimum absolute atomic E-state index is 0.0703. The SMILES string of the molecule is CC(O)CNc1nc(N)ccc1[N+](=O)[O-]. The molecule has 0 saturated heterocycles. The molecule has 1 aromatic heterocycles. The third-order valence-corrected chi connectivity index (χ3v) is 1.66. The minimum Gasteiger partial charge on any atom is -0.392 e. The van der Waals surface area contributed by atoms with Gasteiger partial charge in [-0.1, -0.05) is 0 Å². The summed E-state index contributed by atoms with van der Waals surface area (Å²) >= 11 is 0. The third kappa shape index (κ3) is 3.06. The van der Waals surface area contributed by atoms with Crippen molar-refractivity contribution in [3.05, 3.63) is 22.2 Å². The molecular weight excluding hydrogens is 200 g/mol. The maximum atomic E-state index is 10.6. The number of aliphatic hydroxyl groups excluding tert-OH is 1. The first-order valence-corrected chi connectivity index (χ1v) is 4.33. The lowest BCUT2D eigenvalue weighted by molar-refractivity contribution is -0.384. The second-order valence-electron chi connectivity index (χ2n) is 3.09. The van der Waals surface area contributed by atoms with Gasteiger partial charge in [0.25, 0.3) is 0 Å². The van der Waals surface area contributed by atoms with E-state index < -0.39 is 11.0 Å². The summed E-state index contributed by atoms with van der Waals surface area (Å²) in [5.74, 6) is 0.259. The summed E-state index contributed by atoms with van der Waals surface area (Å²) in [6, 6.07) is 2.62. The molecule has 0 amide bonds. The predicted octanol–water partition coefficient (Wildman–Crippen LogP) is 0.365. The van der Waals surface area contributed by atoms with E-state index in [1.807, 2.05) is 0 Å². The van der Waals surface area contributed by atoms with Crippen LogP contribution in [0.25, 0.3) is 0 Å². The van der Waals surface area contributed by atoms with Crippen molar-refractivity contribution in [2.24, 2.45) is 0 Å². The Kier molecular flexibility index (Phi) is 3.40. The van der Waals surface area contributed by atoms with Crippen molar-refractivity contribution in [2.75, 3.05) is 17.6 Å².